The summed E-state index contributed by atoms with van der Waals surface area (Å²) in [6.07, 6.45) is 4.27. The molecule has 4 heteroatoms. The molecule has 0 aromatic rings. The first kappa shape index (κ1) is 11.7. The average Bonchev–Trinajstić information content (AvgIpc) is 2.27. The summed E-state index contributed by atoms with van der Waals surface area (Å²) >= 11 is 3.13. The number of carbonyl (C=O) groups is 2. The quantitative estimate of drug-likeness (QED) is 0.445. The van der Waals surface area contributed by atoms with Crippen molar-refractivity contribution in [3.8, 4) is 0 Å². The third-order valence-corrected chi connectivity index (χ3v) is 3.45. The number of rotatable bonds is 3. The van der Waals surface area contributed by atoms with Gasteiger partial charge in [-0.15, -0.1) is 0 Å². The van der Waals surface area contributed by atoms with E-state index in [0.29, 0.717) is 12.8 Å². The first-order chi connectivity index (χ1) is 6.67. The van der Waals surface area contributed by atoms with Crippen molar-refractivity contribution in [3.05, 3.63) is 0 Å². The second-order valence-corrected chi connectivity index (χ2v) is 4.25. The van der Waals surface area contributed by atoms with Crippen molar-refractivity contribution in [1.82, 2.24) is 0 Å². The van der Waals surface area contributed by atoms with E-state index in [1.165, 1.54) is 7.11 Å². The smallest absolute Gasteiger partial charge is 0.319 e. The zero-order valence-electron chi connectivity index (χ0n) is 8.35. The number of Topliss-reactive ketones (excluding diaryl/α,β-unsaturated/α-hetero) is 1. The van der Waals surface area contributed by atoms with Gasteiger partial charge in [-0.25, -0.2) is 0 Å². The van der Waals surface area contributed by atoms with Gasteiger partial charge in [0, 0.05) is 0 Å². The molecule has 0 heterocycles. The molecule has 0 unspecified atom stereocenters. The van der Waals surface area contributed by atoms with Crippen LogP contribution in [0.1, 0.15) is 32.1 Å². The predicted molar refractivity (Wildman–Crippen MR) is 56.3 cm³/mol. The Labute approximate surface area is 92.3 Å². The zero-order chi connectivity index (χ0) is 10.6. The van der Waals surface area contributed by atoms with Crippen LogP contribution >= 0.6 is 15.9 Å². The maximum Gasteiger partial charge on any atom is 0.319 e. The minimum Gasteiger partial charge on any atom is -0.468 e. The summed E-state index contributed by atoms with van der Waals surface area (Å²) in [7, 11) is 1.35. The van der Waals surface area contributed by atoms with E-state index >= 15 is 0 Å². The summed E-state index contributed by atoms with van der Waals surface area (Å²) in [6, 6.07) is 0. The molecule has 1 fully saturated rings. The molecular formula is C10H15BrO3. The van der Waals surface area contributed by atoms with Crippen LogP contribution in [0, 0.1) is 5.41 Å². The number of alkyl halides is 1. The van der Waals surface area contributed by atoms with Crippen LogP contribution in [0.4, 0.5) is 0 Å². The van der Waals surface area contributed by atoms with Crippen molar-refractivity contribution >= 4 is 27.7 Å². The zero-order valence-corrected chi connectivity index (χ0v) is 9.93. The molecule has 1 aliphatic carbocycles. The largest absolute Gasteiger partial charge is 0.468 e. The lowest BCUT2D eigenvalue weighted by atomic mass is 9.71. The SMILES string of the molecule is COC(=O)C1(C(=O)CBr)CCCCC1. The molecule has 0 atom stereocenters. The number of ketones is 1. The lowest BCUT2D eigenvalue weighted by molar-refractivity contribution is -0.159. The van der Waals surface area contributed by atoms with Gasteiger partial charge in [0.05, 0.1) is 12.4 Å². The van der Waals surface area contributed by atoms with Crippen molar-refractivity contribution in [2.75, 3.05) is 12.4 Å². The highest BCUT2D eigenvalue weighted by atomic mass is 79.9. The number of esters is 1. The van der Waals surface area contributed by atoms with Gasteiger partial charge in [-0.2, -0.15) is 0 Å². The normalized spacial score (nSPS) is 20.1. The van der Waals surface area contributed by atoms with Crippen LogP contribution in [0.15, 0.2) is 0 Å². The molecular weight excluding hydrogens is 248 g/mol. The molecule has 0 saturated heterocycles. The Morgan fingerprint density at radius 1 is 1.29 bits per heavy atom. The van der Waals surface area contributed by atoms with Crippen molar-refractivity contribution in [2.24, 2.45) is 5.41 Å². The third-order valence-electron chi connectivity index (χ3n) is 2.94. The predicted octanol–water partition coefficient (Wildman–Crippen LogP) is 2.07. The Morgan fingerprint density at radius 2 is 1.86 bits per heavy atom. The first-order valence-electron chi connectivity index (χ1n) is 4.85. The Balaban J connectivity index is 2.87. The Hall–Kier alpha value is -0.380. The summed E-state index contributed by atoms with van der Waals surface area (Å²) in [5.74, 6) is -0.397. The van der Waals surface area contributed by atoms with Crippen LogP contribution < -0.4 is 0 Å². The molecule has 3 nitrogen and oxygen atoms in total. The van der Waals surface area contributed by atoms with Crippen LogP contribution in [0.3, 0.4) is 0 Å². The Bertz CT molecular complexity index is 214. The number of methoxy groups -OCH3 is 1. The lowest BCUT2D eigenvalue weighted by Gasteiger charge is -2.32. The standard InChI is InChI=1S/C10H15BrO3/c1-14-9(13)10(8(12)7-11)5-3-2-4-6-10/h2-7H2,1H3. The van der Waals surface area contributed by atoms with E-state index in [2.05, 4.69) is 15.9 Å². The molecule has 0 N–H and O–H groups in total. The minimum atomic E-state index is -0.851. The van der Waals surface area contributed by atoms with Crippen LogP contribution in [-0.2, 0) is 14.3 Å². The van der Waals surface area contributed by atoms with Gasteiger partial charge in [-0.1, -0.05) is 35.2 Å². The van der Waals surface area contributed by atoms with Crippen LogP contribution in [-0.4, -0.2) is 24.2 Å². The average molecular weight is 263 g/mol. The van der Waals surface area contributed by atoms with E-state index in [-0.39, 0.29) is 17.1 Å². The third kappa shape index (κ3) is 2.00. The van der Waals surface area contributed by atoms with Gasteiger partial charge in [0.2, 0.25) is 0 Å². The number of ether oxygens (including phenoxy) is 1. The molecule has 0 aliphatic heterocycles. The van der Waals surface area contributed by atoms with Crippen molar-refractivity contribution < 1.29 is 14.3 Å². The molecule has 1 saturated carbocycles. The van der Waals surface area contributed by atoms with Crippen molar-refractivity contribution in [2.45, 2.75) is 32.1 Å². The van der Waals surface area contributed by atoms with Gasteiger partial charge in [0.1, 0.15) is 5.41 Å². The molecule has 80 valence electrons. The number of carbonyl (C=O) groups excluding carboxylic acids is 2. The fraction of sp³-hybridized carbons (Fsp3) is 0.800. The first-order valence-corrected chi connectivity index (χ1v) is 5.97. The summed E-state index contributed by atoms with van der Waals surface area (Å²) in [5, 5.41) is 0.238. The molecule has 0 aromatic carbocycles. The maximum absolute atomic E-state index is 11.7. The van der Waals surface area contributed by atoms with Gasteiger partial charge in [0.15, 0.2) is 5.78 Å². The molecule has 1 rings (SSSR count). The van der Waals surface area contributed by atoms with Gasteiger partial charge in [-0.05, 0) is 12.8 Å². The minimum absolute atomic E-state index is 0.0379. The van der Waals surface area contributed by atoms with E-state index in [1.54, 1.807) is 0 Å². The monoisotopic (exact) mass is 262 g/mol. The van der Waals surface area contributed by atoms with Crippen LogP contribution in [0.2, 0.25) is 0 Å². The highest BCUT2D eigenvalue weighted by Gasteiger charge is 2.46. The molecule has 0 bridgehead atoms. The lowest BCUT2D eigenvalue weighted by Crippen LogP contribution is -2.42. The fourth-order valence-electron chi connectivity index (χ4n) is 2.08. The molecule has 0 spiro atoms. The second kappa shape index (κ2) is 4.91. The van der Waals surface area contributed by atoms with E-state index in [1.807, 2.05) is 0 Å². The van der Waals surface area contributed by atoms with Gasteiger partial charge in [0.25, 0.3) is 0 Å². The highest BCUT2D eigenvalue weighted by Crippen LogP contribution is 2.38. The highest BCUT2D eigenvalue weighted by molar-refractivity contribution is 9.09. The molecule has 14 heavy (non-hydrogen) atoms. The number of hydrogen-bond donors (Lipinski definition) is 0. The van der Waals surface area contributed by atoms with E-state index in [9.17, 15) is 9.59 Å². The van der Waals surface area contributed by atoms with E-state index < -0.39 is 5.41 Å². The molecule has 0 aromatic heterocycles. The van der Waals surface area contributed by atoms with Crippen molar-refractivity contribution in [1.29, 1.82) is 0 Å². The number of halogens is 1. The summed E-state index contributed by atoms with van der Waals surface area (Å²) < 4.78 is 4.74. The Morgan fingerprint density at radius 3 is 2.29 bits per heavy atom. The second-order valence-electron chi connectivity index (χ2n) is 3.69. The molecule has 1 aliphatic rings. The van der Waals surface area contributed by atoms with E-state index in [4.69, 9.17) is 4.74 Å². The number of hydrogen-bond acceptors (Lipinski definition) is 3. The molecule has 0 radical (unpaired) electrons. The van der Waals surface area contributed by atoms with Crippen molar-refractivity contribution in [3.63, 3.8) is 0 Å². The molecule has 0 amide bonds. The van der Waals surface area contributed by atoms with Gasteiger partial charge in [-0.3, -0.25) is 9.59 Å². The van der Waals surface area contributed by atoms with Gasteiger partial charge >= 0.3 is 5.97 Å². The Kier molecular flexibility index (Phi) is 4.11. The summed E-state index contributed by atoms with van der Waals surface area (Å²) in [4.78, 5) is 23.4. The van der Waals surface area contributed by atoms with Crippen LogP contribution in [0.25, 0.3) is 0 Å². The van der Waals surface area contributed by atoms with Crippen LogP contribution in [0.5, 0.6) is 0 Å². The summed E-state index contributed by atoms with van der Waals surface area (Å²) in [5.41, 5.74) is -0.851. The van der Waals surface area contributed by atoms with E-state index in [0.717, 1.165) is 19.3 Å². The maximum atomic E-state index is 11.7. The fourth-order valence-corrected chi connectivity index (χ4v) is 2.61. The summed E-state index contributed by atoms with van der Waals surface area (Å²) in [6.45, 7) is 0. The van der Waals surface area contributed by atoms with Gasteiger partial charge < -0.3 is 4.74 Å². The topological polar surface area (TPSA) is 43.4 Å².